The van der Waals surface area contributed by atoms with Crippen LogP contribution in [0.15, 0.2) is 21.6 Å². The second kappa shape index (κ2) is 5.56. The molecule has 17 heavy (non-hydrogen) atoms. The number of sulfonamides is 1. The van der Waals surface area contributed by atoms with E-state index in [-0.39, 0.29) is 10.9 Å². The highest BCUT2D eigenvalue weighted by atomic mass is 32.2. The molecule has 0 saturated carbocycles. The summed E-state index contributed by atoms with van der Waals surface area (Å²) < 4.78 is 29.7. The minimum Gasteiger partial charge on any atom is -0.475 e. The lowest BCUT2D eigenvalue weighted by Gasteiger charge is -2.14. The number of rotatable bonds is 6. The molecule has 1 N–H and O–H groups in total. The molecule has 1 rings (SSSR count). The molecule has 0 atom stereocenters. The Kier molecular flexibility index (Phi) is 4.61. The highest BCUT2D eigenvalue weighted by Gasteiger charge is 2.25. The fourth-order valence-corrected chi connectivity index (χ4v) is 2.71. The molecule has 1 aromatic heterocycles. The van der Waals surface area contributed by atoms with Crippen LogP contribution in [0.1, 0.15) is 10.6 Å². The fourth-order valence-electron chi connectivity index (χ4n) is 1.07. The van der Waals surface area contributed by atoms with Crippen molar-refractivity contribution in [2.24, 2.45) is 0 Å². The average Bonchev–Trinajstić information content (AvgIpc) is 2.75. The van der Waals surface area contributed by atoms with Crippen molar-refractivity contribution in [1.82, 2.24) is 4.31 Å². The van der Waals surface area contributed by atoms with Gasteiger partial charge in [-0.3, -0.25) is 0 Å². The van der Waals surface area contributed by atoms with Crippen molar-refractivity contribution >= 4 is 27.8 Å². The monoisotopic (exact) mass is 279 g/mol. The van der Waals surface area contributed by atoms with Crippen LogP contribution in [-0.4, -0.2) is 49.4 Å². The third kappa shape index (κ3) is 3.24. The molecule has 0 amide bonds. The van der Waals surface area contributed by atoms with Crippen LogP contribution in [0.25, 0.3) is 0 Å². The first-order valence-corrected chi connectivity index (χ1v) is 7.51. The molecule has 1 heterocycles. The molecule has 0 radical (unpaired) electrons. The second-order valence-corrected chi connectivity index (χ2v) is 6.20. The maximum absolute atomic E-state index is 11.9. The zero-order valence-corrected chi connectivity index (χ0v) is 11.0. The molecule has 8 heteroatoms. The van der Waals surface area contributed by atoms with E-state index in [1.165, 1.54) is 18.8 Å². The number of nitrogens with zero attached hydrogens (tertiary/aromatic N) is 1. The van der Waals surface area contributed by atoms with Crippen molar-refractivity contribution in [2.75, 3.05) is 25.6 Å². The summed E-state index contributed by atoms with van der Waals surface area (Å²) >= 11 is 1.52. The molecular weight excluding hydrogens is 266 g/mol. The number of furan rings is 1. The van der Waals surface area contributed by atoms with Crippen LogP contribution in [0.3, 0.4) is 0 Å². The number of carboxylic acid groups (broad SMARTS) is 1. The van der Waals surface area contributed by atoms with Gasteiger partial charge in [0.2, 0.25) is 10.9 Å². The Balaban J connectivity index is 2.92. The van der Waals surface area contributed by atoms with Crippen LogP contribution in [0, 0.1) is 0 Å². The summed E-state index contributed by atoms with van der Waals surface area (Å²) in [4.78, 5) is 10.6. The molecule has 0 spiro atoms. The standard InChI is InChI=1S/C9H13NO5S2/c1-10(5-6-16-2)17(13,14)8-4-3-7(15-8)9(11)12/h3-4H,5-6H2,1-2H3,(H,11,12). The van der Waals surface area contributed by atoms with Gasteiger partial charge in [-0.05, 0) is 18.4 Å². The van der Waals surface area contributed by atoms with Gasteiger partial charge in [0, 0.05) is 19.3 Å². The van der Waals surface area contributed by atoms with E-state index in [0.29, 0.717) is 12.3 Å². The first-order valence-electron chi connectivity index (χ1n) is 4.68. The topological polar surface area (TPSA) is 87.8 Å². The van der Waals surface area contributed by atoms with Gasteiger partial charge in [-0.25, -0.2) is 13.2 Å². The molecule has 0 aliphatic rings. The first kappa shape index (κ1) is 14.1. The summed E-state index contributed by atoms with van der Waals surface area (Å²) in [6.45, 7) is 0.340. The normalized spacial score (nSPS) is 11.9. The molecule has 0 aromatic carbocycles. The number of carboxylic acids is 1. The van der Waals surface area contributed by atoms with Crippen LogP contribution in [0.5, 0.6) is 0 Å². The maximum Gasteiger partial charge on any atom is 0.371 e. The molecular formula is C9H13NO5S2. The van der Waals surface area contributed by atoms with Gasteiger partial charge in [0.25, 0.3) is 10.0 Å². The SMILES string of the molecule is CSCCN(C)S(=O)(=O)c1ccc(C(=O)O)o1. The zero-order chi connectivity index (χ0) is 13.1. The third-order valence-electron chi connectivity index (χ3n) is 2.07. The van der Waals surface area contributed by atoms with Crippen LogP contribution in [0.4, 0.5) is 0 Å². The molecule has 1 aromatic rings. The summed E-state index contributed by atoms with van der Waals surface area (Å²) in [6.07, 6.45) is 1.87. The van der Waals surface area contributed by atoms with Crippen molar-refractivity contribution in [3.63, 3.8) is 0 Å². The summed E-state index contributed by atoms with van der Waals surface area (Å²) in [6, 6.07) is 2.27. The highest BCUT2D eigenvalue weighted by molar-refractivity contribution is 7.98. The van der Waals surface area contributed by atoms with Gasteiger partial charge in [0.05, 0.1) is 0 Å². The van der Waals surface area contributed by atoms with Crippen molar-refractivity contribution in [1.29, 1.82) is 0 Å². The predicted molar refractivity (Wildman–Crippen MR) is 63.9 cm³/mol. The van der Waals surface area contributed by atoms with Gasteiger partial charge in [-0.1, -0.05) is 0 Å². The molecule has 0 unspecified atom stereocenters. The smallest absolute Gasteiger partial charge is 0.371 e. The minimum atomic E-state index is -3.73. The fraction of sp³-hybridized carbons (Fsp3) is 0.444. The number of carbonyl (C=O) groups is 1. The summed E-state index contributed by atoms with van der Waals surface area (Å²) in [5.41, 5.74) is 0. The second-order valence-electron chi connectivity index (χ2n) is 3.24. The molecule has 0 bridgehead atoms. The van der Waals surface area contributed by atoms with Gasteiger partial charge in [-0.2, -0.15) is 16.1 Å². The van der Waals surface area contributed by atoms with E-state index in [9.17, 15) is 13.2 Å². The van der Waals surface area contributed by atoms with Gasteiger partial charge in [0.15, 0.2) is 0 Å². The van der Waals surface area contributed by atoms with Crippen LogP contribution in [-0.2, 0) is 10.0 Å². The Hall–Kier alpha value is -0.990. The largest absolute Gasteiger partial charge is 0.475 e. The highest BCUT2D eigenvalue weighted by Crippen LogP contribution is 2.18. The van der Waals surface area contributed by atoms with Gasteiger partial charge < -0.3 is 9.52 Å². The lowest BCUT2D eigenvalue weighted by Crippen LogP contribution is -2.28. The molecule has 0 aliphatic heterocycles. The van der Waals surface area contributed by atoms with E-state index in [2.05, 4.69) is 0 Å². The Morgan fingerprint density at radius 3 is 2.65 bits per heavy atom. The Morgan fingerprint density at radius 1 is 1.53 bits per heavy atom. The van der Waals surface area contributed by atoms with E-state index in [1.54, 1.807) is 0 Å². The van der Waals surface area contributed by atoms with Crippen LogP contribution < -0.4 is 0 Å². The predicted octanol–water partition coefficient (Wildman–Crippen LogP) is 0.961. The average molecular weight is 279 g/mol. The number of hydrogen-bond donors (Lipinski definition) is 1. The van der Waals surface area contributed by atoms with Gasteiger partial charge >= 0.3 is 5.97 Å². The van der Waals surface area contributed by atoms with Crippen molar-refractivity contribution in [2.45, 2.75) is 5.09 Å². The summed E-state index contributed by atoms with van der Waals surface area (Å²) in [7, 11) is -2.31. The Morgan fingerprint density at radius 2 is 2.18 bits per heavy atom. The van der Waals surface area contributed by atoms with Crippen LogP contribution >= 0.6 is 11.8 Å². The van der Waals surface area contributed by atoms with E-state index in [1.807, 2.05) is 6.26 Å². The number of hydrogen-bond acceptors (Lipinski definition) is 5. The lowest BCUT2D eigenvalue weighted by atomic mass is 10.5. The molecule has 0 fully saturated rings. The maximum atomic E-state index is 11.9. The molecule has 0 saturated heterocycles. The zero-order valence-electron chi connectivity index (χ0n) is 9.41. The Labute approximate surface area is 104 Å². The summed E-state index contributed by atoms with van der Waals surface area (Å²) in [5, 5.41) is 8.29. The third-order valence-corrected chi connectivity index (χ3v) is 4.39. The van der Waals surface area contributed by atoms with Crippen molar-refractivity contribution < 1.29 is 22.7 Å². The van der Waals surface area contributed by atoms with E-state index < -0.39 is 16.0 Å². The lowest BCUT2D eigenvalue weighted by molar-refractivity contribution is 0.0656. The molecule has 96 valence electrons. The molecule has 0 aliphatic carbocycles. The first-order chi connectivity index (χ1) is 7.89. The van der Waals surface area contributed by atoms with Gasteiger partial charge in [-0.15, -0.1) is 0 Å². The van der Waals surface area contributed by atoms with Crippen molar-refractivity contribution in [3.8, 4) is 0 Å². The van der Waals surface area contributed by atoms with Crippen LogP contribution in [0.2, 0.25) is 0 Å². The number of aromatic carboxylic acids is 1. The Bertz CT molecular complexity index is 493. The van der Waals surface area contributed by atoms with E-state index in [0.717, 1.165) is 16.4 Å². The van der Waals surface area contributed by atoms with Gasteiger partial charge in [0.1, 0.15) is 0 Å². The van der Waals surface area contributed by atoms with Crippen molar-refractivity contribution in [3.05, 3.63) is 17.9 Å². The van der Waals surface area contributed by atoms with E-state index >= 15 is 0 Å². The summed E-state index contributed by atoms with van der Waals surface area (Å²) in [5.74, 6) is -1.03. The van der Waals surface area contributed by atoms with E-state index in [4.69, 9.17) is 9.52 Å². The minimum absolute atomic E-state index is 0.340. The number of thioether (sulfide) groups is 1. The molecule has 6 nitrogen and oxygen atoms in total. The quantitative estimate of drug-likeness (QED) is 0.834.